The van der Waals surface area contributed by atoms with Crippen LogP contribution in [0.2, 0.25) is 10.0 Å². The summed E-state index contributed by atoms with van der Waals surface area (Å²) in [6.07, 6.45) is 6.51. The molecule has 0 bridgehead atoms. The van der Waals surface area contributed by atoms with Crippen LogP contribution in [0, 0.1) is 0 Å². The molecule has 2 N–H and O–H groups in total. The lowest BCUT2D eigenvalue weighted by Gasteiger charge is -2.22. The van der Waals surface area contributed by atoms with Gasteiger partial charge in [-0.2, -0.15) is 0 Å². The number of urea groups is 1. The number of halogens is 2. The second-order valence-electron chi connectivity index (χ2n) is 6.96. The second kappa shape index (κ2) is 10.4. The van der Waals surface area contributed by atoms with E-state index in [2.05, 4.69) is 15.5 Å². The van der Waals surface area contributed by atoms with Crippen LogP contribution < -0.4 is 5.32 Å². The van der Waals surface area contributed by atoms with Gasteiger partial charge in [0.2, 0.25) is 5.13 Å². The Morgan fingerprint density at radius 1 is 1.21 bits per heavy atom. The molecule has 0 aliphatic heterocycles. The third-order valence-corrected chi connectivity index (χ3v) is 6.58. The van der Waals surface area contributed by atoms with Crippen molar-refractivity contribution >= 4 is 45.7 Å². The van der Waals surface area contributed by atoms with Crippen molar-refractivity contribution in [2.24, 2.45) is 0 Å². The Hall–Kier alpha value is -1.41. The third kappa shape index (κ3) is 5.80. The largest absolute Gasteiger partial charge is 0.396 e. The van der Waals surface area contributed by atoms with Gasteiger partial charge in [-0.3, -0.25) is 5.32 Å². The summed E-state index contributed by atoms with van der Waals surface area (Å²) in [4.78, 5) is 14.4. The lowest BCUT2D eigenvalue weighted by molar-refractivity contribution is 0.199. The van der Waals surface area contributed by atoms with E-state index in [1.54, 1.807) is 17.0 Å². The SMILES string of the molecule is O=C(Nc1nnc(C2CCCCC2)s1)N(CCCO)Cc1ccc(Cl)c(Cl)c1. The van der Waals surface area contributed by atoms with Crippen molar-refractivity contribution in [3.05, 3.63) is 38.8 Å². The summed E-state index contributed by atoms with van der Waals surface area (Å²) in [6, 6.07) is 5.02. The first kappa shape index (κ1) is 21.3. The Morgan fingerprint density at radius 3 is 2.71 bits per heavy atom. The maximum Gasteiger partial charge on any atom is 0.323 e. The lowest BCUT2D eigenvalue weighted by atomic mass is 9.90. The number of carbonyl (C=O) groups is 1. The van der Waals surface area contributed by atoms with Crippen molar-refractivity contribution in [1.82, 2.24) is 15.1 Å². The quantitative estimate of drug-likeness (QED) is 0.608. The summed E-state index contributed by atoms with van der Waals surface area (Å²) in [5.41, 5.74) is 0.864. The van der Waals surface area contributed by atoms with Crippen LogP contribution in [0.5, 0.6) is 0 Å². The molecule has 1 aromatic heterocycles. The van der Waals surface area contributed by atoms with Crippen LogP contribution in [-0.4, -0.2) is 39.4 Å². The molecule has 0 radical (unpaired) electrons. The van der Waals surface area contributed by atoms with Crippen LogP contribution >= 0.6 is 34.5 Å². The molecule has 9 heteroatoms. The first-order chi connectivity index (χ1) is 13.6. The fourth-order valence-corrected chi connectivity index (χ4v) is 4.57. The van der Waals surface area contributed by atoms with Crippen molar-refractivity contribution in [3.8, 4) is 0 Å². The van der Waals surface area contributed by atoms with Gasteiger partial charge in [-0.05, 0) is 37.0 Å². The standard InChI is InChI=1S/C19H24Cl2N4O2S/c20-15-8-7-13(11-16(15)21)12-25(9-4-10-26)19(27)22-18-24-23-17(28-18)14-5-2-1-3-6-14/h7-8,11,14,26H,1-6,9-10,12H2,(H,22,24,27). The van der Waals surface area contributed by atoms with Gasteiger partial charge in [0.25, 0.3) is 0 Å². The molecule has 0 atom stereocenters. The second-order valence-corrected chi connectivity index (χ2v) is 8.78. The van der Waals surface area contributed by atoms with E-state index < -0.39 is 0 Å². The van der Waals surface area contributed by atoms with E-state index in [0.29, 0.717) is 40.6 Å². The molecule has 1 saturated carbocycles. The molecule has 28 heavy (non-hydrogen) atoms. The smallest absolute Gasteiger partial charge is 0.323 e. The van der Waals surface area contributed by atoms with Crippen molar-refractivity contribution < 1.29 is 9.90 Å². The van der Waals surface area contributed by atoms with Gasteiger partial charge >= 0.3 is 6.03 Å². The van der Waals surface area contributed by atoms with Gasteiger partial charge in [0.1, 0.15) is 5.01 Å². The number of benzene rings is 1. The molecule has 1 aliphatic rings. The topological polar surface area (TPSA) is 78.4 Å². The van der Waals surface area contributed by atoms with E-state index in [4.69, 9.17) is 28.3 Å². The first-order valence-corrected chi connectivity index (χ1v) is 11.1. The van der Waals surface area contributed by atoms with Gasteiger partial charge in [0, 0.05) is 25.6 Å². The molecule has 2 amide bonds. The molecule has 1 fully saturated rings. The molecule has 1 aromatic carbocycles. The van der Waals surface area contributed by atoms with Crippen molar-refractivity contribution in [1.29, 1.82) is 0 Å². The zero-order valence-electron chi connectivity index (χ0n) is 15.5. The molecule has 2 aromatic rings. The molecular formula is C19H24Cl2N4O2S. The highest BCUT2D eigenvalue weighted by molar-refractivity contribution is 7.15. The Morgan fingerprint density at radius 2 is 2.00 bits per heavy atom. The van der Waals surface area contributed by atoms with E-state index in [1.807, 2.05) is 6.07 Å². The van der Waals surface area contributed by atoms with Crippen LogP contribution in [0.25, 0.3) is 0 Å². The zero-order chi connectivity index (χ0) is 19.9. The summed E-state index contributed by atoms with van der Waals surface area (Å²) in [5, 5.41) is 22.9. The third-order valence-electron chi connectivity index (χ3n) is 4.84. The Balaban J connectivity index is 1.65. The number of hydrogen-bond acceptors (Lipinski definition) is 5. The van der Waals surface area contributed by atoms with Gasteiger partial charge in [-0.1, -0.05) is 59.9 Å². The van der Waals surface area contributed by atoms with Gasteiger partial charge in [-0.25, -0.2) is 4.79 Å². The van der Waals surface area contributed by atoms with Crippen molar-refractivity contribution in [2.45, 2.75) is 51.0 Å². The number of aromatic nitrogens is 2. The molecule has 0 unspecified atom stereocenters. The first-order valence-electron chi connectivity index (χ1n) is 9.51. The molecule has 6 nitrogen and oxygen atoms in total. The summed E-state index contributed by atoms with van der Waals surface area (Å²) < 4.78 is 0. The van der Waals surface area contributed by atoms with Gasteiger partial charge in [0.15, 0.2) is 0 Å². The monoisotopic (exact) mass is 442 g/mol. The minimum Gasteiger partial charge on any atom is -0.396 e. The number of rotatable bonds is 7. The van der Waals surface area contributed by atoms with E-state index >= 15 is 0 Å². The van der Waals surface area contributed by atoms with E-state index in [1.165, 1.54) is 30.6 Å². The Labute approximate surface area is 178 Å². The summed E-state index contributed by atoms with van der Waals surface area (Å²) in [5.74, 6) is 0.457. The minimum atomic E-state index is -0.272. The number of anilines is 1. The fourth-order valence-electron chi connectivity index (χ4n) is 3.34. The highest BCUT2D eigenvalue weighted by Gasteiger charge is 2.21. The molecule has 1 aliphatic carbocycles. The molecule has 0 saturated heterocycles. The normalized spacial score (nSPS) is 14.8. The number of carbonyl (C=O) groups excluding carboxylic acids is 1. The molecule has 0 spiro atoms. The van der Waals surface area contributed by atoms with Gasteiger partial charge < -0.3 is 10.0 Å². The van der Waals surface area contributed by atoms with Crippen LogP contribution in [0.4, 0.5) is 9.93 Å². The Bertz CT molecular complexity index is 796. The fraction of sp³-hybridized carbons (Fsp3) is 0.526. The highest BCUT2D eigenvalue weighted by Crippen LogP contribution is 2.35. The highest BCUT2D eigenvalue weighted by atomic mass is 35.5. The summed E-state index contributed by atoms with van der Waals surface area (Å²) in [6.45, 7) is 0.781. The van der Waals surface area contributed by atoms with E-state index in [0.717, 1.165) is 23.4 Å². The molecule has 152 valence electrons. The molecule has 3 rings (SSSR count). The molecular weight excluding hydrogens is 419 g/mol. The minimum absolute atomic E-state index is 0.00971. The van der Waals surface area contributed by atoms with Gasteiger partial charge in [0.05, 0.1) is 10.0 Å². The summed E-state index contributed by atoms with van der Waals surface area (Å²) in [7, 11) is 0. The van der Waals surface area contributed by atoms with Gasteiger partial charge in [-0.15, -0.1) is 10.2 Å². The van der Waals surface area contributed by atoms with Crippen molar-refractivity contribution in [3.63, 3.8) is 0 Å². The van der Waals surface area contributed by atoms with E-state index in [-0.39, 0.29) is 12.6 Å². The number of nitrogens with zero attached hydrogens (tertiary/aromatic N) is 3. The van der Waals surface area contributed by atoms with Crippen LogP contribution in [0.3, 0.4) is 0 Å². The van der Waals surface area contributed by atoms with Crippen molar-refractivity contribution in [2.75, 3.05) is 18.5 Å². The maximum absolute atomic E-state index is 12.8. The predicted molar refractivity (Wildman–Crippen MR) is 113 cm³/mol. The lowest BCUT2D eigenvalue weighted by Crippen LogP contribution is -2.35. The number of aliphatic hydroxyl groups excluding tert-OH is 1. The number of aliphatic hydroxyl groups is 1. The number of hydrogen-bond donors (Lipinski definition) is 2. The van der Waals surface area contributed by atoms with Crippen LogP contribution in [0.1, 0.15) is 55.0 Å². The van der Waals surface area contributed by atoms with Crippen LogP contribution in [-0.2, 0) is 6.54 Å². The molecule has 1 heterocycles. The Kier molecular flexibility index (Phi) is 7.91. The zero-order valence-corrected chi connectivity index (χ0v) is 17.9. The average Bonchev–Trinajstić information content (AvgIpc) is 3.17. The number of nitrogens with one attached hydrogen (secondary N) is 1. The van der Waals surface area contributed by atoms with E-state index in [9.17, 15) is 4.79 Å². The predicted octanol–water partition coefficient (Wildman–Crippen LogP) is 5.31. The van der Waals surface area contributed by atoms with Crippen LogP contribution in [0.15, 0.2) is 18.2 Å². The number of amides is 2. The maximum atomic E-state index is 12.8. The summed E-state index contributed by atoms with van der Waals surface area (Å²) >= 11 is 13.5. The average molecular weight is 443 g/mol.